The number of hydrogen-bond donors (Lipinski definition) is 0. The molecule has 0 aliphatic carbocycles. The predicted molar refractivity (Wildman–Crippen MR) is 109 cm³/mol. The summed E-state index contributed by atoms with van der Waals surface area (Å²) in [5, 5.41) is 0. The van der Waals surface area contributed by atoms with E-state index in [1.807, 2.05) is 16.7 Å². The molecule has 0 spiro atoms. The van der Waals surface area contributed by atoms with Gasteiger partial charge in [-0.15, -0.1) is 0 Å². The highest BCUT2D eigenvalue weighted by atomic mass is 16.2. The smallest absolute Gasteiger partial charge is 0.274 e. The van der Waals surface area contributed by atoms with Gasteiger partial charge in [-0.1, -0.05) is 0 Å². The normalized spacial score (nSPS) is 19.5. The SMILES string of the molecule is CC(=O)N1CCN(c2cc(C)nc([C@@H]3CCN(C(=O)c4cnccn4)C3)c2)CC1. The third-order valence-corrected chi connectivity index (χ3v) is 5.72. The molecule has 29 heavy (non-hydrogen) atoms. The molecule has 4 heterocycles. The zero-order valence-electron chi connectivity index (χ0n) is 16.9. The standard InChI is InChI=1S/C21H26N6O2/c1-15-11-18(26-9-7-25(8-10-26)16(2)28)12-19(24-15)17-3-6-27(14-17)21(29)20-13-22-4-5-23-20/h4-5,11-13,17H,3,6-10,14H2,1-2H3/t17-/m1/s1. The van der Waals surface area contributed by atoms with Crippen LogP contribution in [-0.2, 0) is 4.79 Å². The second-order valence-electron chi connectivity index (χ2n) is 7.71. The van der Waals surface area contributed by atoms with Gasteiger partial charge in [0.25, 0.3) is 5.91 Å². The minimum Gasteiger partial charge on any atom is -0.368 e. The number of carbonyl (C=O) groups excluding carboxylic acids is 2. The molecule has 2 saturated heterocycles. The van der Waals surface area contributed by atoms with Gasteiger partial charge in [0.2, 0.25) is 5.91 Å². The summed E-state index contributed by atoms with van der Waals surface area (Å²) in [4.78, 5) is 43.1. The fourth-order valence-corrected chi connectivity index (χ4v) is 4.10. The predicted octanol–water partition coefficient (Wildman–Crippen LogP) is 1.48. The largest absolute Gasteiger partial charge is 0.368 e. The Kier molecular flexibility index (Phi) is 5.42. The summed E-state index contributed by atoms with van der Waals surface area (Å²) in [6.07, 6.45) is 5.51. The Balaban J connectivity index is 1.46. The summed E-state index contributed by atoms with van der Waals surface area (Å²) in [5.74, 6) is 0.275. The Labute approximate surface area is 170 Å². The Hall–Kier alpha value is -3.03. The average molecular weight is 394 g/mol. The summed E-state index contributed by atoms with van der Waals surface area (Å²) in [6, 6.07) is 4.25. The van der Waals surface area contributed by atoms with Gasteiger partial charge in [-0.3, -0.25) is 19.6 Å². The molecule has 0 N–H and O–H groups in total. The number of anilines is 1. The Morgan fingerprint density at radius 2 is 1.83 bits per heavy atom. The number of aryl methyl sites for hydroxylation is 1. The Morgan fingerprint density at radius 1 is 1.03 bits per heavy atom. The van der Waals surface area contributed by atoms with Crippen molar-refractivity contribution in [3.05, 3.63) is 47.8 Å². The van der Waals surface area contributed by atoms with Crippen LogP contribution in [0.5, 0.6) is 0 Å². The van der Waals surface area contributed by atoms with E-state index in [1.165, 1.54) is 6.20 Å². The van der Waals surface area contributed by atoms with Crippen molar-refractivity contribution in [1.29, 1.82) is 0 Å². The second-order valence-corrected chi connectivity index (χ2v) is 7.71. The maximum atomic E-state index is 12.7. The van der Waals surface area contributed by atoms with E-state index < -0.39 is 0 Å². The van der Waals surface area contributed by atoms with Gasteiger partial charge in [0.05, 0.1) is 6.20 Å². The minimum atomic E-state index is -0.0752. The molecule has 0 radical (unpaired) electrons. The molecule has 2 fully saturated rings. The van der Waals surface area contributed by atoms with Crippen LogP contribution >= 0.6 is 0 Å². The number of pyridine rings is 1. The molecule has 2 aliphatic heterocycles. The molecule has 2 aliphatic rings. The number of piperazine rings is 1. The zero-order valence-corrected chi connectivity index (χ0v) is 16.9. The first kappa shape index (κ1) is 19.3. The maximum absolute atomic E-state index is 12.7. The van der Waals surface area contributed by atoms with Crippen LogP contribution < -0.4 is 4.90 Å². The van der Waals surface area contributed by atoms with E-state index in [0.29, 0.717) is 18.8 Å². The number of carbonyl (C=O) groups is 2. The maximum Gasteiger partial charge on any atom is 0.274 e. The van der Waals surface area contributed by atoms with Gasteiger partial charge in [-0.25, -0.2) is 4.98 Å². The average Bonchev–Trinajstić information content (AvgIpc) is 3.24. The van der Waals surface area contributed by atoms with Crippen LogP contribution in [0.1, 0.15) is 41.1 Å². The third kappa shape index (κ3) is 4.21. The molecule has 0 saturated carbocycles. The Morgan fingerprint density at radius 3 is 2.52 bits per heavy atom. The van der Waals surface area contributed by atoms with E-state index in [-0.39, 0.29) is 17.7 Å². The minimum absolute atomic E-state index is 0.0752. The molecule has 4 rings (SSSR count). The number of nitrogens with zero attached hydrogens (tertiary/aromatic N) is 6. The molecule has 2 aromatic heterocycles. The van der Waals surface area contributed by atoms with Crippen molar-refractivity contribution in [2.24, 2.45) is 0 Å². The lowest BCUT2D eigenvalue weighted by atomic mass is 10.0. The highest BCUT2D eigenvalue weighted by Crippen LogP contribution is 2.30. The van der Waals surface area contributed by atoms with Crippen LogP contribution in [-0.4, -0.2) is 75.8 Å². The molecule has 8 heteroatoms. The highest BCUT2D eigenvalue weighted by Gasteiger charge is 2.30. The van der Waals surface area contributed by atoms with Gasteiger partial charge in [0.15, 0.2) is 0 Å². The van der Waals surface area contributed by atoms with Crippen molar-refractivity contribution in [2.75, 3.05) is 44.2 Å². The van der Waals surface area contributed by atoms with Gasteiger partial charge in [0.1, 0.15) is 5.69 Å². The lowest BCUT2D eigenvalue weighted by molar-refractivity contribution is -0.129. The first-order valence-electron chi connectivity index (χ1n) is 10.1. The molecule has 8 nitrogen and oxygen atoms in total. The molecule has 0 unspecified atom stereocenters. The fraction of sp³-hybridized carbons (Fsp3) is 0.476. The van der Waals surface area contributed by atoms with Crippen LogP contribution in [0.3, 0.4) is 0 Å². The van der Waals surface area contributed by atoms with Crippen LogP contribution in [0.15, 0.2) is 30.7 Å². The number of amides is 2. The molecule has 2 aromatic rings. The number of rotatable bonds is 3. The summed E-state index contributed by atoms with van der Waals surface area (Å²) >= 11 is 0. The van der Waals surface area contributed by atoms with Crippen molar-refractivity contribution in [3.8, 4) is 0 Å². The lowest BCUT2D eigenvalue weighted by Gasteiger charge is -2.36. The molecular formula is C21H26N6O2. The van der Waals surface area contributed by atoms with Gasteiger partial charge < -0.3 is 14.7 Å². The number of likely N-dealkylation sites (tertiary alicyclic amines) is 1. The van der Waals surface area contributed by atoms with E-state index in [9.17, 15) is 9.59 Å². The van der Waals surface area contributed by atoms with Crippen LogP contribution in [0.25, 0.3) is 0 Å². The van der Waals surface area contributed by atoms with Gasteiger partial charge >= 0.3 is 0 Å². The van der Waals surface area contributed by atoms with Crippen molar-refractivity contribution in [1.82, 2.24) is 24.8 Å². The molecule has 152 valence electrons. The van der Waals surface area contributed by atoms with Gasteiger partial charge in [-0.2, -0.15) is 0 Å². The molecular weight excluding hydrogens is 368 g/mol. The molecule has 1 atom stereocenters. The first-order chi connectivity index (χ1) is 14.0. The van der Waals surface area contributed by atoms with Gasteiger partial charge in [-0.05, 0) is 25.5 Å². The molecule has 0 aromatic carbocycles. The van der Waals surface area contributed by atoms with Crippen molar-refractivity contribution in [2.45, 2.75) is 26.2 Å². The lowest BCUT2D eigenvalue weighted by Crippen LogP contribution is -2.48. The van der Waals surface area contributed by atoms with Crippen LogP contribution in [0, 0.1) is 6.92 Å². The number of aromatic nitrogens is 3. The van der Waals surface area contributed by atoms with Crippen molar-refractivity contribution >= 4 is 17.5 Å². The quantitative estimate of drug-likeness (QED) is 0.784. The van der Waals surface area contributed by atoms with E-state index >= 15 is 0 Å². The van der Waals surface area contributed by atoms with Crippen LogP contribution in [0.4, 0.5) is 5.69 Å². The second kappa shape index (κ2) is 8.14. The molecule has 2 amide bonds. The van der Waals surface area contributed by atoms with E-state index in [0.717, 1.165) is 49.7 Å². The topological polar surface area (TPSA) is 82.5 Å². The third-order valence-electron chi connectivity index (χ3n) is 5.72. The highest BCUT2D eigenvalue weighted by molar-refractivity contribution is 5.92. The monoisotopic (exact) mass is 394 g/mol. The van der Waals surface area contributed by atoms with Crippen molar-refractivity contribution in [3.63, 3.8) is 0 Å². The summed E-state index contributed by atoms with van der Waals surface area (Å²) < 4.78 is 0. The van der Waals surface area contributed by atoms with E-state index in [2.05, 4.69) is 27.0 Å². The number of hydrogen-bond acceptors (Lipinski definition) is 6. The fourth-order valence-electron chi connectivity index (χ4n) is 4.10. The van der Waals surface area contributed by atoms with E-state index in [4.69, 9.17) is 4.98 Å². The summed E-state index contributed by atoms with van der Waals surface area (Å²) in [6.45, 7) is 8.11. The zero-order chi connectivity index (χ0) is 20.4. The first-order valence-corrected chi connectivity index (χ1v) is 10.1. The van der Waals surface area contributed by atoms with Crippen molar-refractivity contribution < 1.29 is 9.59 Å². The summed E-state index contributed by atoms with van der Waals surface area (Å²) in [5.41, 5.74) is 3.54. The molecule has 0 bridgehead atoms. The van der Waals surface area contributed by atoms with Crippen LogP contribution in [0.2, 0.25) is 0 Å². The van der Waals surface area contributed by atoms with E-state index in [1.54, 1.807) is 19.3 Å². The van der Waals surface area contributed by atoms with Gasteiger partial charge in [0, 0.05) is 81.6 Å². The Bertz CT molecular complexity index is 895. The summed E-state index contributed by atoms with van der Waals surface area (Å²) in [7, 11) is 0.